The van der Waals surface area contributed by atoms with E-state index in [-0.39, 0.29) is 30.9 Å². The topological polar surface area (TPSA) is 142 Å². The molecule has 0 saturated carbocycles. The van der Waals surface area contributed by atoms with E-state index in [1.807, 2.05) is 0 Å². The first-order chi connectivity index (χ1) is 20.8. The van der Waals surface area contributed by atoms with E-state index in [0.717, 1.165) is 70.6 Å². The van der Waals surface area contributed by atoms with Gasteiger partial charge in [0.15, 0.2) is 0 Å². The quantitative estimate of drug-likeness (QED) is 0.0400. The molecule has 0 aromatic heterocycles. The summed E-state index contributed by atoms with van der Waals surface area (Å²) in [5.74, 6) is -2.35. The molecule has 0 saturated heterocycles. The summed E-state index contributed by atoms with van der Waals surface area (Å²) in [5.41, 5.74) is 0. The summed E-state index contributed by atoms with van der Waals surface area (Å²) in [6, 6.07) is -1.38. The molecule has 0 aliphatic rings. The van der Waals surface area contributed by atoms with Crippen LogP contribution in [-0.2, 0) is 23.9 Å². The minimum atomic E-state index is -1.38. The van der Waals surface area contributed by atoms with Crippen molar-refractivity contribution in [2.75, 3.05) is 13.2 Å². The maximum absolute atomic E-state index is 12.5. The number of hydrogen-bond donors (Lipinski definition) is 4. The lowest BCUT2D eigenvalue weighted by atomic mass is 10.0. The number of carbonyl (C=O) groups is 4. The van der Waals surface area contributed by atoms with Crippen molar-refractivity contribution < 1.29 is 34.1 Å². The van der Waals surface area contributed by atoms with Gasteiger partial charge in [0.1, 0.15) is 12.1 Å². The monoisotopic (exact) mass is 610 g/mol. The van der Waals surface area contributed by atoms with E-state index in [0.29, 0.717) is 12.8 Å². The number of carbonyl (C=O) groups excluding carboxylic acids is 3. The summed E-state index contributed by atoms with van der Waals surface area (Å²) >= 11 is 0. The second kappa shape index (κ2) is 29.6. The highest BCUT2D eigenvalue weighted by atomic mass is 16.5. The number of carboxylic acids is 1. The molecule has 9 nitrogen and oxygen atoms in total. The lowest BCUT2D eigenvalue weighted by Crippen LogP contribution is -2.47. The first-order valence-corrected chi connectivity index (χ1v) is 17.1. The molecule has 2 unspecified atom stereocenters. The average molecular weight is 611 g/mol. The van der Waals surface area contributed by atoms with Crippen LogP contribution in [0.1, 0.15) is 155 Å². The molecule has 0 heterocycles. The Morgan fingerprint density at radius 2 is 1.19 bits per heavy atom. The van der Waals surface area contributed by atoms with Crippen molar-refractivity contribution in [3.8, 4) is 0 Å². The Balaban J connectivity index is 4.09. The number of rotatable bonds is 30. The normalized spacial score (nSPS) is 12.6. The third-order valence-electron chi connectivity index (χ3n) is 7.51. The van der Waals surface area contributed by atoms with E-state index in [2.05, 4.69) is 36.6 Å². The Labute approximate surface area is 261 Å². The maximum atomic E-state index is 12.5. The number of aliphatic carboxylic acids is 1. The largest absolute Gasteiger partial charge is 0.480 e. The second-order valence-electron chi connectivity index (χ2n) is 11.6. The van der Waals surface area contributed by atoms with Gasteiger partial charge < -0.3 is 25.6 Å². The molecule has 0 spiro atoms. The summed E-state index contributed by atoms with van der Waals surface area (Å²) in [5, 5.41) is 22.4. The van der Waals surface area contributed by atoms with Gasteiger partial charge in [0.05, 0.1) is 13.2 Å². The van der Waals surface area contributed by atoms with Crippen LogP contribution in [0.25, 0.3) is 0 Å². The van der Waals surface area contributed by atoms with Crippen molar-refractivity contribution in [1.29, 1.82) is 0 Å². The third-order valence-corrected chi connectivity index (χ3v) is 7.51. The minimum Gasteiger partial charge on any atom is -0.480 e. The molecule has 250 valence electrons. The van der Waals surface area contributed by atoms with Crippen LogP contribution in [0.2, 0.25) is 0 Å². The van der Waals surface area contributed by atoms with Crippen LogP contribution in [0.4, 0.5) is 0 Å². The molecule has 0 fully saturated rings. The molecule has 2 amide bonds. The van der Waals surface area contributed by atoms with Crippen LogP contribution in [0.15, 0.2) is 12.2 Å². The predicted molar refractivity (Wildman–Crippen MR) is 172 cm³/mol. The molecule has 0 aromatic rings. The average Bonchev–Trinajstić information content (AvgIpc) is 2.98. The molecule has 2 atom stereocenters. The molecular weight excluding hydrogens is 548 g/mol. The highest BCUT2D eigenvalue weighted by Gasteiger charge is 2.19. The fourth-order valence-corrected chi connectivity index (χ4v) is 4.82. The molecule has 9 heteroatoms. The van der Waals surface area contributed by atoms with Crippen LogP contribution in [0.3, 0.4) is 0 Å². The number of nitrogens with one attached hydrogen (secondary N) is 2. The lowest BCUT2D eigenvalue weighted by molar-refractivity contribution is -0.150. The number of unbranched alkanes of at least 4 members (excludes halogenated alkanes) is 14. The summed E-state index contributed by atoms with van der Waals surface area (Å²) < 4.78 is 5.88. The molecule has 0 radical (unpaired) electrons. The van der Waals surface area contributed by atoms with Gasteiger partial charge in [-0.15, -0.1) is 0 Å². The molecule has 0 aliphatic heterocycles. The van der Waals surface area contributed by atoms with E-state index in [4.69, 9.17) is 14.9 Å². The summed E-state index contributed by atoms with van der Waals surface area (Å²) in [7, 11) is 0. The Morgan fingerprint density at radius 1 is 0.674 bits per heavy atom. The van der Waals surface area contributed by atoms with Crippen molar-refractivity contribution in [3.05, 3.63) is 12.2 Å². The number of carboxylic acid groups (broad SMARTS) is 1. The van der Waals surface area contributed by atoms with Gasteiger partial charge in [-0.05, 0) is 64.2 Å². The van der Waals surface area contributed by atoms with Crippen molar-refractivity contribution >= 4 is 23.8 Å². The van der Waals surface area contributed by atoms with Crippen LogP contribution < -0.4 is 10.6 Å². The highest BCUT2D eigenvalue weighted by Crippen LogP contribution is 2.17. The standard InChI is InChI=1S/C34H62N2O7/c1-3-5-7-9-10-11-12-13-14-15-16-22-26-33(40)43-29(23-19-8-6-4-2)24-20-17-18-21-25-31(38)35-27-32(39)36-30(28-37)34(41)42/h10-11,29-30,37H,3-9,12-28H2,1-2H3,(H,35,38)(H,36,39)(H,41,42)/b11-10-. The van der Waals surface area contributed by atoms with Crippen LogP contribution in [-0.4, -0.2) is 59.3 Å². The maximum Gasteiger partial charge on any atom is 0.328 e. The second-order valence-corrected chi connectivity index (χ2v) is 11.6. The number of amides is 2. The van der Waals surface area contributed by atoms with Gasteiger partial charge in [-0.1, -0.05) is 90.2 Å². The van der Waals surface area contributed by atoms with Crippen molar-refractivity contribution in [2.24, 2.45) is 0 Å². The molecule has 43 heavy (non-hydrogen) atoms. The summed E-state index contributed by atoms with van der Waals surface area (Å²) in [4.78, 5) is 47.0. The number of allylic oxidation sites excluding steroid dienone is 2. The van der Waals surface area contributed by atoms with Crippen LogP contribution in [0, 0.1) is 0 Å². The van der Waals surface area contributed by atoms with E-state index >= 15 is 0 Å². The fourth-order valence-electron chi connectivity index (χ4n) is 4.82. The van der Waals surface area contributed by atoms with Gasteiger partial charge >= 0.3 is 11.9 Å². The SMILES string of the molecule is CCCCC/C=C\CCCCCCCC(=O)OC(CCCCCC)CCCCCCC(=O)NCC(=O)NC(CO)C(=O)O. The molecular formula is C34H62N2O7. The van der Waals surface area contributed by atoms with Gasteiger partial charge in [0, 0.05) is 12.8 Å². The van der Waals surface area contributed by atoms with Gasteiger partial charge in [-0.2, -0.15) is 0 Å². The van der Waals surface area contributed by atoms with Crippen LogP contribution >= 0.6 is 0 Å². The van der Waals surface area contributed by atoms with Crippen LogP contribution in [0.5, 0.6) is 0 Å². The first-order valence-electron chi connectivity index (χ1n) is 17.1. The zero-order chi connectivity index (χ0) is 32.0. The fraction of sp³-hybridized carbons (Fsp3) is 0.824. The zero-order valence-electron chi connectivity index (χ0n) is 27.2. The number of ether oxygens (including phenoxy) is 1. The van der Waals surface area contributed by atoms with Gasteiger partial charge in [0.2, 0.25) is 11.8 Å². The summed E-state index contributed by atoms with van der Waals surface area (Å²) in [6.45, 7) is 3.37. The Morgan fingerprint density at radius 3 is 1.79 bits per heavy atom. The molecule has 0 rings (SSSR count). The number of aliphatic hydroxyl groups excluding tert-OH is 1. The molecule has 0 aliphatic carbocycles. The Kier molecular flexibility index (Phi) is 28.0. The van der Waals surface area contributed by atoms with Crippen molar-refractivity contribution in [2.45, 2.75) is 167 Å². The minimum absolute atomic E-state index is 0.0381. The zero-order valence-corrected chi connectivity index (χ0v) is 27.2. The highest BCUT2D eigenvalue weighted by molar-refractivity contribution is 5.87. The smallest absolute Gasteiger partial charge is 0.328 e. The number of hydrogen-bond acceptors (Lipinski definition) is 6. The van der Waals surface area contributed by atoms with E-state index in [1.165, 1.54) is 51.4 Å². The summed E-state index contributed by atoms with van der Waals surface area (Å²) in [6.07, 6.45) is 26.9. The van der Waals surface area contributed by atoms with Gasteiger partial charge in [0.25, 0.3) is 0 Å². The molecule has 0 aromatic carbocycles. The van der Waals surface area contributed by atoms with Gasteiger partial charge in [-0.3, -0.25) is 14.4 Å². The van der Waals surface area contributed by atoms with Crippen molar-refractivity contribution in [1.82, 2.24) is 10.6 Å². The Hall–Kier alpha value is -2.42. The first kappa shape index (κ1) is 40.6. The van der Waals surface area contributed by atoms with E-state index < -0.39 is 24.5 Å². The number of esters is 1. The number of aliphatic hydroxyl groups is 1. The van der Waals surface area contributed by atoms with E-state index in [1.54, 1.807) is 0 Å². The Bertz CT molecular complexity index is 757. The third kappa shape index (κ3) is 26.9. The van der Waals surface area contributed by atoms with E-state index in [9.17, 15) is 19.2 Å². The molecule has 4 N–H and O–H groups in total. The van der Waals surface area contributed by atoms with Gasteiger partial charge in [-0.25, -0.2) is 4.79 Å². The molecule has 0 bridgehead atoms. The lowest BCUT2D eigenvalue weighted by Gasteiger charge is -2.18. The predicted octanol–water partition coefficient (Wildman–Crippen LogP) is 6.75. The van der Waals surface area contributed by atoms with Crippen molar-refractivity contribution in [3.63, 3.8) is 0 Å².